The monoisotopic (exact) mass is 448 g/mol. The van der Waals surface area contributed by atoms with Crippen LogP contribution in [0, 0.1) is 0 Å². The predicted molar refractivity (Wildman–Crippen MR) is 125 cm³/mol. The average Bonchev–Trinajstić information content (AvgIpc) is 2.63. The van der Waals surface area contributed by atoms with E-state index in [0.29, 0.717) is 0 Å². The molecular formula is C23H48N2O4S. The van der Waals surface area contributed by atoms with Crippen molar-refractivity contribution < 1.29 is 23.5 Å². The number of carbonyl (C=O) groups is 1. The Morgan fingerprint density at radius 2 is 1.27 bits per heavy atom. The maximum Gasteiger partial charge on any atom is 0.243 e. The molecule has 0 heterocycles. The van der Waals surface area contributed by atoms with Gasteiger partial charge in [0.25, 0.3) is 0 Å². The highest BCUT2D eigenvalue weighted by atomic mass is 32.2. The van der Waals surface area contributed by atoms with Crippen molar-refractivity contribution in [2.24, 2.45) is 0 Å². The summed E-state index contributed by atoms with van der Waals surface area (Å²) in [4.78, 5) is 10.8. The van der Waals surface area contributed by atoms with E-state index in [-0.39, 0.29) is 0 Å². The van der Waals surface area contributed by atoms with Gasteiger partial charge < -0.3 is 15.6 Å². The van der Waals surface area contributed by atoms with Crippen molar-refractivity contribution in [2.75, 3.05) is 12.3 Å². The molecule has 0 aliphatic heterocycles. The first-order valence-electron chi connectivity index (χ1n) is 11.8. The largest absolute Gasteiger partial charge is 0.748 e. The van der Waals surface area contributed by atoms with Gasteiger partial charge in [0.05, 0.1) is 22.4 Å². The van der Waals surface area contributed by atoms with Gasteiger partial charge in [-0.05, 0) is 32.8 Å². The molecule has 30 heavy (non-hydrogen) atoms. The molecule has 6 nitrogen and oxygen atoms in total. The van der Waals surface area contributed by atoms with Gasteiger partial charge in [-0.3, -0.25) is 4.79 Å². The lowest BCUT2D eigenvalue weighted by Gasteiger charge is -2.26. The van der Waals surface area contributed by atoms with Crippen LogP contribution in [0.2, 0.25) is 0 Å². The molecule has 0 aliphatic rings. The quantitative estimate of drug-likeness (QED) is 0.184. The first kappa shape index (κ1) is 31.3. The van der Waals surface area contributed by atoms with Crippen LogP contribution in [-0.2, 0) is 14.9 Å². The normalized spacial score (nSPS) is 11.5. The van der Waals surface area contributed by atoms with E-state index in [0.717, 1.165) is 12.6 Å². The molecule has 4 N–H and O–H groups in total. The molecule has 0 bridgehead atoms. The zero-order chi connectivity index (χ0) is 23.3. The summed E-state index contributed by atoms with van der Waals surface area (Å²) >= 11 is 0. The zero-order valence-electron chi connectivity index (χ0n) is 19.8. The Balaban J connectivity index is 0. The van der Waals surface area contributed by atoms with Crippen molar-refractivity contribution in [2.45, 2.75) is 116 Å². The maximum atomic E-state index is 10.8. The number of hydrogen-bond acceptors (Lipinski definition) is 4. The standard InChI is InChI=1S/C16H35N.C7H13NO4S/c1-2-3-4-5-6-7-8-9-10-11-12-13-14-15-16-17;1-4-6(9)8-7(2,3)5-13(10,11)12/h2-17H2,1H3;4H,1,5H2,2-3H3,(H,8,9)(H,10,11,12). The van der Waals surface area contributed by atoms with E-state index >= 15 is 0 Å². The van der Waals surface area contributed by atoms with E-state index in [1.54, 1.807) is 0 Å². The van der Waals surface area contributed by atoms with Crippen molar-refractivity contribution in [1.82, 2.24) is 5.32 Å². The Bertz CT molecular complexity index is 505. The molecule has 180 valence electrons. The summed E-state index contributed by atoms with van der Waals surface area (Å²) in [5, 5.41) is 2.33. The van der Waals surface area contributed by atoms with Crippen LogP contribution in [0.25, 0.3) is 0 Å². The SMILES string of the molecule is C=CC(=O)NC(C)(C)CS(=O)(=O)[O-].CCCCCCCCCCCCCCCC[NH3+]. The van der Waals surface area contributed by atoms with Gasteiger partial charge >= 0.3 is 0 Å². The number of rotatable bonds is 18. The van der Waals surface area contributed by atoms with Crippen LogP contribution >= 0.6 is 0 Å². The lowest BCUT2D eigenvalue weighted by atomic mass is 10.0. The first-order chi connectivity index (χ1) is 14.1. The lowest BCUT2D eigenvalue weighted by Crippen LogP contribution is -2.50. The Morgan fingerprint density at radius 1 is 0.900 bits per heavy atom. The lowest BCUT2D eigenvalue weighted by molar-refractivity contribution is -0.368. The van der Waals surface area contributed by atoms with E-state index in [9.17, 15) is 17.8 Å². The van der Waals surface area contributed by atoms with E-state index in [1.807, 2.05) is 0 Å². The average molecular weight is 449 g/mol. The van der Waals surface area contributed by atoms with Crippen LogP contribution < -0.4 is 11.1 Å². The fraction of sp³-hybridized carbons (Fsp3) is 0.870. The summed E-state index contributed by atoms with van der Waals surface area (Å²) in [7, 11) is -4.33. The molecule has 0 radical (unpaired) electrons. The van der Waals surface area contributed by atoms with E-state index < -0.39 is 27.3 Å². The maximum absolute atomic E-state index is 10.8. The van der Waals surface area contributed by atoms with Gasteiger partial charge in [0.2, 0.25) is 5.91 Å². The van der Waals surface area contributed by atoms with Gasteiger partial charge in [0.1, 0.15) is 0 Å². The fourth-order valence-corrected chi connectivity index (χ4v) is 4.19. The summed E-state index contributed by atoms with van der Waals surface area (Å²) in [5.74, 6) is -1.15. The van der Waals surface area contributed by atoms with Crippen LogP contribution in [-0.4, -0.2) is 36.7 Å². The molecule has 0 saturated carbocycles. The van der Waals surface area contributed by atoms with Gasteiger partial charge in [-0.25, -0.2) is 8.42 Å². The van der Waals surface area contributed by atoms with Crippen molar-refractivity contribution >= 4 is 16.0 Å². The van der Waals surface area contributed by atoms with Crippen molar-refractivity contribution in [3.05, 3.63) is 12.7 Å². The molecule has 0 aromatic rings. The summed E-state index contributed by atoms with van der Waals surface area (Å²) in [6.07, 6.45) is 21.2. The minimum Gasteiger partial charge on any atom is -0.748 e. The highest BCUT2D eigenvalue weighted by Gasteiger charge is 2.22. The molecular weight excluding hydrogens is 400 g/mol. The molecule has 0 spiro atoms. The van der Waals surface area contributed by atoms with Crippen molar-refractivity contribution in [1.29, 1.82) is 0 Å². The molecule has 0 aromatic heterocycles. The molecule has 0 fully saturated rings. The number of quaternary nitrogens is 1. The number of hydrogen-bond donors (Lipinski definition) is 2. The van der Waals surface area contributed by atoms with Crippen molar-refractivity contribution in [3.63, 3.8) is 0 Å². The van der Waals surface area contributed by atoms with Gasteiger partial charge in [-0.15, -0.1) is 0 Å². The second kappa shape index (κ2) is 20.0. The van der Waals surface area contributed by atoms with E-state index in [1.165, 1.54) is 104 Å². The second-order valence-electron chi connectivity index (χ2n) is 8.73. The minimum absolute atomic E-state index is 0.506. The Hall–Kier alpha value is -0.920. The Kier molecular flexibility index (Phi) is 20.9. The number of unbranched alkanes of at least 4 members (excludes halogenated alkanes) is 13. The Labute approximate surface area is 186 Å². The highest BCUT2D eigenvalue weighted by Crippen LogP contribution is 2.12. The van der Waals surface area contributed by atoms with Gasteiger partial charge in [0, 0.05) is 5.54 Å². The van der Waals surface area contributed by atoms with E-state index in [4.69, 9.17) is 0 Å². The van der Waals surface area contributed by atoms with Gasteiger partial charge in [-0.2, -0.15) is 0 Å². The molecule has 0 rings (SSSR count). The number of amides is 1. The van der Waals surface area contributed by atoms with Gasteiger partial charge in [-0.1, -0.05) is 90.6 Å². The highest BCUT2D eigenvalue weighted by molar-refractivity contribution is 7.85. The molecule has 7 heteroatoms. The summed E-state index contributed by atoms with van der Waals surface area (Å²) in [5.41, 5.74) is 2.82. The summed E-state index contributed by atoms with van der Waals surface area (Å²) in [6, 6.07) is 0. The predicted octanol–water partition coefficient (Wildman–Crippen LogP) is 4.32. The first-order valence-corrected chi connectivity index (χ1v) is 13.3. The summed E-state index contributed by atoms with van der Waals surface area (Å²) < 4.78 is 31.2. The molecule has 0 aromatic carbocycles. The smallest absolute Gasteiger partial charge is 0.243 e. The van der Waals surface area contributed by atoms with Crippen molar-refractivity contribution in [3.8, 4) is 0 Å². The van der Waals surface area contributed by atoms with Crippen LogP contribution in [0.5, 0.6) is 0 Å². The summed E-state index contributed by atoms with van der Waals surface area (Å²) in [6.45, 7) is 9.51. The second-order valence-corrected chi connectivity index (χ2v) is 10.1. The van der Waals surface area contributed by atoms with E-state index in [2.05, 4.69) is 24.6 Å². The number of nitrogens with one attached hydrogen (secondary N) is 1. The third-order valence-electron chi connectivity index (χ3n) is 4.79. The molecule has 0 atom stereocenters. The van der Waals surface area contributed by atoms with Crippen LogP contribution in [0.1, 0.15) is 111 Å². The molecule has 0 saturated heterocycles. The molecule has 0 unspecified atom stereocenters. The third kappa shape index (κ3) is 27.1. The molecule has 1 amide bonds. The third-order valence-corrected chi connectivity index (χ3v) is 5.86. The van der Waals surface area contributed by atoms with Gasteiger partial charge in [0.15, 0.2) is 0 Å². The zero-order valence-corrected chi connectivity index (χ0v) is 20.7. The molecule has 0 aliphatic carbocycles. The Morgan fingerprint density at radius 3 is 1.57 bits per heavy atom. The van der Waals surface area contributed by atoms with Crippen LogP contribution in [0.3, 0.4) is 0 Å². The fourth-order valence-electron chi connectivity index (χ4n) is 3.23. The minimum atomic E-state index is -4.33. The topological polar surface area (TPSA) is 114 Å². The number of carbonyl (C=O) groups excluding carboxylic acids is 1. The van der Waals surface area contributed by atoms with Crippen LogP contribution in [0.4, 0.5) is 0 Å². The van der Waals surface area contributed by atoms with Crippen LogP contribution in [0.15, 0.2) is 12.7 Å².